The third kappa shape index (κ3) is 25.5. The number of amides is 12. The molecule has 0 bridgehead atoms. The van der Waals surface area contributed by atoms with Crippen LogP contribution in [-0.2, 0) is 81.6 Å². The van der Waals surface area contributed by atoms with Gasteiger partial charge in [-0.25, -0.2) is 4.79 Å². The number of fused-ring (bicyclic) bond motifs is 2. The Morgan fingerprint density at radius 3 is 1.33 bits per heavy atom. The molecule has 0 aliphatic carbocycles. The third-order valence-electron chi connectivity index (χ3n) is 16.8. The van der Waals surface area contributed by atoms with Crippen LogP contribution in [0.4, 0.5) is 0 Å². The molecule has 12 amide bonds. The molecule has 5 aromatic rings. The summed E-state index contributed by atoms with van der Waals surface area (Å²) in [7, 11) is 0. The van der Waals surface area contributed by atoms with Crippen molar-refractivity contribution in [2.75, 3.05) is 39.3 Å². The zero-order valence-corrected chi connectivity index (χ0v) is 57.0. The highest BCUT2D eigenvalue weighted by Gasteiger charge is 2.37. The number of phenols is 1. The number of carboxylic acids is 1. The summed E-state index contributed by atoms with van der Waals surface area (Å²) in [6.07, 6.45) is 0.935. The number of nitrogens with two attached hydrogens (primary N) is 5. The number of H-pyrrole nitrogens is 2. The summed E-state index contributed by atoms with van der Waals surface area (Å²) in [6, 6.07) is 4.91. The Morgan fingerprint density at radius 1 is 0.480 bits per heavy atom. The van der Waals surface area contributed by atoms with Crippen LogP contribution in [0.1, 0.15) is 88.8 Å². The summed E-state index contributed by atoms with van der Waals surface area (Å²) >= 11 is 0. The first-order valence-corrected chi connectivity index (χ1v) is 33.4. The van der Waals surface area contributed by atoms with Gasteiger partial charge in [0.15, 0.2) is 0 Å². The van der Waals surface area contributed by atoms with Crippen LogP contribution >= 0.6 is 0 Å². The molecule has 2 heterocycles. The van der Waals surface area contributed by atoms with Crippen molar-refractivity contribution >= 4 is 98.7 Å². The van der Waals surface area contributed by atoms with Crippen LogP contribution in [0, 0.1) is 5.92 Å². The van der Waals surface area contributed by atoms with E-state index in [1.807, 2.05) is 5.32 Å². The molecule has 102 heavy (non-hydrogen) atoms. The van der Waals surface area contributed by atoms with Crippen LogP contribution in [0.25, 0.3) is 21.8 Å². The first kappa shape index (κ1) is 82.1. The fourth-order valence-electron chi connectivity index (χ4n) is 10.8. The summed E-state index contributed by atoms with van der Waals surface area (Å²) in [5.41, 5.74) is 31.8. The largest absolute Gasteiger partial charge is 0.508 e. The number of hydrogen-bond donors (Lipinski definition) is 22. The Hall–Kier alpha value is -10.6. The summed E-state index contributed by atoms with van der Waals surface area (Å²) in [5, 5.41) is 68.4. The first-order chi connectivity index (χ1) is 48.6. The van der Waals surface area contributed by atoms with Crippen molar-refractivity contribution in [3.05, 3.63) is 102 Å². The highest BCUT2D eigenvalue weighted by atomic mass is 16.4. The number of aromatic hydroxyl groups is 1. The number of benzene rings is 3. The fraction of sp³-hybridized carbons (Fsp3) is 0.478. The van der Waals surface area contributed by atoms with Crippen molar-refractivity contribution in [2.24, 2.45) is 34.6 Å². The van der Waals surface area contributed by atoms with Crippen LogP contribution < -0.4 is 87.2 Å². The predicted octanol–water partition coefficient (Wildman–Crippen LogP) is -5.10. The van der Waals surface area contributed by atoms with E-state index in [4.69, 9.17) is 28.7 Å². The molecule has 0 saturated heterocycles. The number of nitrogens with one attached hydrogen (secondary N) is 13. The van der Waals surface area contributed by atoms with Gasteiger partial charge in [-0.3, -0.25) is 57.5 Å². The molecule has 0 aliphatic rings. The minimum Gasteiger partial charge on any atom is -0.508 e. The number of aromatic amines is 2. The maximum atomic E-state index is 14.7. The molecule has 0 aliphatic heterocycles. The average molecular weight is 1430 g/mol. The first-order valence-electron chi connectivity index (χ1n) is 33.4. The van der Waals surface area contributed by atoms with Crippen LogP contribution in [0.2, 0.25) is 0 Å². The Kier molecular flexibility index (Phi) is 33.2. The number of phenolic OH excluding ortho intramolecular Hbond substituents is 1. The number of aliphatic carboxylic acids is 1. The molecular formula is C67H96N18O17. The molecule has 0 radical (unpaired) electrons. The fourth-order valence-corrected chi connectivity index (χ4v) is 10.8. The van der Waals surface area contributed by atoms with Crippen molar-refractivity contribution in [1.29, 1.82) is 0 Å². The lowest BCUT2D eigenvalue weighted by atomic mass is 9.97. The van der Waals surface area contributed by atoms with Gasteiger partial charge in [0.2, 0.25) is 70.9 Å². The van der Waals surface area contributed by atoms with Crippen LogP contribution in [0.15, 0.2) is 85.2 Å². The molecule has 27 N–H and O–H groups in total. The number of rotatable bonds is 44. The van der Waals surface area contributed by atoms with Gasteiger partial charge in [-0.15, -0.1) is 0 Å². The quantitative estimate of drug-likeness (QED) is 0.0173. The summed E-state index contributed by atoms with van der Waals surface area (Å²) in [5.74, 6) is -13.3. The van der Waals surface area contributed by atoms with E-state index < -0.39 is 175 Å². The van der Waals surface area contributed by atoms with Gasteiger partial charge in [-0.1, -0.05) is 68.8 Å². The summed E-state index contributed by atoms with van der Waals surface area (Å²) < 4.78 is 0. The topological polar surface area (TPSA) is 597 Å². The molecule has 0 fully saturated rings. The molecule has 556 valence electrons. The number of hydrogen-bond acceptors (Lipinski definition) is 20. The van der Waals surface area contributed by atoms with E-state index in [0.29, 0.717) is 44.9 Å². The lowest BCUT2D eigenvalue weighted by molar-refractivity contribution is -0.143. The number of carboxylic acid groups (broad SMARTS) is 1. The number of primary amides is 1. The molecule has 0 spiro atoms. The normalized spacial score (nSPS) is 14.8. The van der Waals surface area contributed by atoms with Crippen LogP contribution in [-0.4, -0.2) is 213 Å². The highest BCUT2D eigenvalue weighted by Crippen LogP contribution is 2.22. The Balaban J connectivity index is 1.34. The second-order valence-electron chi connectivity index (χ2n) is 24.7. The van der Waals surface area contributed by atoms with Gasteiger partial charge in [0.05, 0.1) is 38.3 Å². The van der Waals surface area contributed by atoms with E-state index in [1.54, 1.807) is 74.8 Å². The zero-order valence-electron chi connectivity index (χ0n) is 57.0. The number of para-hydroxylation sites is 2. The van der Waals surface area contributed by atoms with Gasteiger partial charge in [-0.05, 0) is 112 Å². The molecule has 5 rings (SSSR count). The molecule has 0 saturated carbocycles. The summed E-state index contributed by atoms with van der Waals surface area (Å²) in [4.78, 5) is 183. The van der Waals surface area contributed by atoms with E-state index >= 15 is 0 Å². The Labute approximate surface area is 587 Å². The van der Waals surface area contributed by atoms with Gasteiger partial charge in [0, 0.05) is 53.5 Å². The Morgan fingerprint density at radius 2 is 0.882 bits per heavy atom. The van der Waals surface area contributed by atoms with Gasteiger partial charge in [-0.2, -0.15) is 0 Å². The Bertz CT molecular complexity index is 3700. The van der Waals surface area contributed by atoms with Gasteiger partial charge < -0.3 is 118 Å². The van der Waals surface area contributed by atoms with Crippen molar-refractivity contribution in [3.63, 3.8) is 0 Å². The number of aliphatic hydroxyl groups is 2. The molecule has 35 heteroatoms. The maximum absolute atomic E-state index is 14.7. The van der Waals surface area contributed by atoms with Gasteiger partial charge >= 0.3 is 5.97 Å². The molecule has 35 nitrogen and oxygen atoms in total. The molecule has 12 atom stereocenters. The summed E-state index contributed by atoms with van der Waals surface area (Å²) in [6.45, 7) is 2.14. The average Bonchev–Trinajstić information content (AvgIpc) is 1.64. The van der Waals surface area contributed by atoms with Gasteiger partial charge in [0.1, 0.15) is 60.1 Å². The zero-order chi connectivity index (χ0) is 75.2. The lowest BCUT2D eigenvalue weighted by Gasteiger charge is -2.29. The van der Waals surface area contributed by atoms with Crippen molar-refractivity contribution in [2.45, 2.75) is 158 Å². The third-order valence-corrected chi connectivity index (χ3v) is 16.8. The number of aliphatic hydroxyl groups excluding tert-OH is 2. The van der Waals surface area contributed by atoms with Crippen molar-refractivity contribution in [3.8, 4) is 5.75 Å². The minimum absolute atomic E-state index is 0.0335. The smallest absolute Gasteiger partial charge is 0.328 e. The number of carbonyl (C=O) groups excluding carboxylic acids is 12. The van der Waals surface area contributed by atoms with Crippen molar-refractivity contribution in [1.82, 2.24) is 68.5 Å². The second kappa shape index (κ2) is 41.2. The van der Waals surface area contributed by atoms with E-state index in [-0.39, 0.29) is 83.2 Å². The maximum Gasteiger partial charge on any atom is 0.328 e. The monoisotopic (exact) mass is 1420 g/mol. The highest BCUT2D eigenvalue weighted by molar-refractivity contribution is 6.00. The molecule has 3 aromatic carbocycles. The molecule has 2 aromatic heterocycles. The lowest BCUT2D eigenvalue weighted by Crippen LogP contribution is -2.62. The SMILES string of the molecule is CC[C@H](C)[C@H](NC(=O)[C@@H](NC(=O)[C@H](Cc1c[nH]c2ccccc12)NC(=O)[C@@H](CCCN)NC(=O)CNC(=O)[C@H](CCCN)NC(=O)[C@@H](CCCN)NC(=O)[C@@H](Cc1c[nH]c2ccccc12)NC(=O)[C@@H](Cc1ccc(O)cc1)NC(=O)[C@@H](N)CC(N)=O)[C@@H](C)O)C(=O)NCC(=O)N[C@@H](CO)C(=O)O. The van der Waals surface area contributed by atoms with E-state index in [0.717, 1.165) is 0 Å². The number of carbonyl (C=O) groups is 13. The molecule has 0 unspecified atom stereocenters. The second-order valence-corrected chi connectivity index (χ2v) is 24.7. The van der Waals surface area contributed by atoms with E-state index in [9.17, 15) is 82.8 Å². The number of aromatic nitrogens is 2. The molecular weight excluding hydrogens is 1330 g/mol. The van der Waals surface area contributed by atoms with Crippen molar-refractivity contribution < 1.29 is 82.8 Å². The minimum atomic E-state index is -1.78. The van der Waals surface area contributed by atoms with Crippen LogP contribution in [0.3, 0.4) is 0 Å². The van der Waals surface area contributed by atoms with E-state index in [1.165, 1.54) is 31.2 Å². The van der Waals surface area contributed by atoms with E-state index in [2.05, 4.69) is 63.1 Å². The standard InChI is InChI=1S/C67H96N18O17/c1-4-35(2)56(65(99)76-33-55(91)78-52(34-86)67(101)102)84-66(100)57(36(3)87)85-64(98)51(28-39-31-74-45-15-8-6-13-42(39)45)82-60(94)47(17-10-24-69)77-54(90)32-75-59(93)46(16-9-23-68)79-61(95)48(18-11-25-70)80-63(97)50(27-38-30-73-44-14-7-5-12-41(38)44)83-62(96)49(26-37-19-21-40(88)22-20-37)81-58(92)43(71)29-53(72)89/h5-8,12-15,19-22,30-31,35-36,43,46-52,56-57,73-74,86-88H,4,9-11,16-18,23-29,32-34,68-71H2,1-3H3,(H2,72,89)(H,75,93)(H,76,99)(H,77,90)(H,78,91)(H,79,95)(H,80,97)(H,81,92)(H,82,94)(H,83,96)(H,84,100)(H,85,98)(H,101,102)/t35-,36+,43-,46-,47+,48+,49+,50+,51-,52-,56-,57-/m0/s1. The predicted molar refractivity (Wildman–Crippen MR) is 372 cm³/mol. The van der Waals surface area contributed by atoms with Gasteiger partial charge in [0.25, 0.3) is 0 Å². The van der Waals surface area contributed by atoms with Crippen LogP contribution in [0.5, 0.6) is 5.75 Å².